The summed E-state index contributed by atoms with van der Waals surface area (Å²) < 4.78 is 0. The Bertz CT molecular complexity index is 1590. The molecule has 1 saturated carbocycles. The van der Waals surface area contributed by atoms with Gasteiger partial charge in [-0.3, -0.25) is 15.1 Å². The molecule has 0 spiro atoms. The first kappa shape index (κ1) is 24.2. The van der Waals surface area contributed by atoms with Crippen molar-refractivity contribution in [2.24, 2.45) is 5.92 Å². The molecule has 0 atom stereocenters. The summed E-state index contributed by atoms with van der Waals surface area (Å²) in [6.45, 7) is 5.86. The maximum Gasteiger partial charge on any atom is 0.161 e. The van der Waals surface area contributed by atoms with Crippen molar-refractivity contribution in [1.29, 1.82) is 0 Å². The number of imidazole rings is 1. The van der Waals surface area contributed by atoms with Crippen LogP contribution in [0, 0.1) is 5.92 Å². The molecular formula is C29H34N10. The van der Waals surface area contributed by atoms with E-state index in [4.69, 9.17) is 9.97 Å². The summed E-state index contributed by atoms with van der Waals surface area (Å²) in [7, 11) is 2.16. The Balaban J connectivity index is 1.17. The van der Waals surface area contributed by atoms with Crippen LogP contribution in [0.1, 0.15) is 31.2 Å². The lowest BCUT2D eigenvalue weighted by molar-refractivity contribution is 0.313. The summed E-state index contributed by atoms with van der Waals surface area (Å²) in [5.41, 5.74) is 8.26. The number of anilines is 1. The largest absolute Gasteiger partial charge is 0.366 e. The van der Waals surface area contributed by atoms with Crippen LogP contribution in [0.4, 0.5) is 5.69 Å². The van der Waals surface area contributed by atoms with Gasteiger partial charge >= 0.3 is 0 Å². The third kappa shape index (κ3) is 4.86. The van der Waals surface area contributed by atoms with Gasteiger partial charge in [-0.05, 0) is 56.1 Å². The molecule has 2 fully saturated rings. The first-order chi connectivity index (χ1) is 19.2. The highest BCUT2D eigenvalue weighted by Gasteiger charge is 2.21. The highest BCUT2D eigenvalue weighted by atomic mass is 15.3. The lowest BCUT2D eigenvalue weighted by Gasteiger charge is -2.33. The summed E-state index contributed by atoms with van der Waals surface area (Å²) in [4.78, 5) is 27.1. The quantitative estimate of drug-likeness (QED) is 0.294. The second kappa shape index (κ2) is 10.3. The average Bonchev–Trinajstić information content (AvgIpc) is 3.73. The van der Waals surface area contributed by atoms with E-state index in [9.17, 15) is 0 Å². The molecule has 0 amide bonds. The predicted octanol–water partition coefficient (Wildman–Crippen LogP) is 3.99. The van der Waals surface area contributed by atoms with Crippen molar-refractivity contribution in [2.75, 3.05) is 44.7 Å². The number of likely N-dealkylation sites (N-methyl/N-ethyl adjacent to an activating group) is 1. The van der Waals surface area contributed by atoms with Crippen molar-refractivity contribution < 1.29 is 0 Å². The molecule has 0 unspecified atom stereocenters. The molecule has 200 valence electrons. The zero-order chi connectivity index (χ0) is 26.2. The van der Waals surface area contributed by atoms with Crippen molar-refractivity contribution in [2.45, 2.75) is 32.2 Å². The third-order valence-corrected chi connectivity index (χ3v) is 8.18. The highest BCUT2D eigenvalue weighted by molar-refractivity contribution is 5.94. The zero-order valence-corrected chi connectivity index (χ0v) is 22.3. The van der Waals surface area contributed by atoms with Gasteiger partial charge in [-0.1, -0.05) is 12.8 Å². The molecule has 5 aromatic rings. The van der Waals surface area contributed by atoms with Gasteiger partial charge in [0.1, 0.15) is 11.0 Å². The van der Waals surface area contributed by atoms with E-state index in [0.29, 0.717) is 11.5 Å². The first-order valence-electron chi connectivity index (χ1n) is 14.0. The maximum absolute atomic E-state index is 5.01. The van der Waals surface area contributed by atoms with Gasteiger partial charge < -0.3 is 20.1 Å². The molecule has 0 aromatic carbocycles. The van der Waals surface area contributed by atoms with E-state index in [1.165, 1.54) is 31.2 Å². The number of hydrogen-bond donors (Lipinski definition) is 3. The zero-order valence-electron chi connectivity index (χ0n) is 22.3. The minimum atomic E-state index is 0.687. The minimum absolute atomic E-state index is 0.687. The normalized spacial score (nSPS) is 17.1. The summed E-state index contributed by atoms with van der Waals surface area (Å²) in [6, 6.07) is 6.22. The smallest absolute Gasteiger partial charge is 0.161 e. The first-order valence-corrected chi connectivity index (χ1v) is 14.0. The summed E-state index contributed by atoms with van der Waals surface area (Å²) >= 11 is 0. The third-order valence-electron chi connectivity index (χ3n) is 8.18. The summed E-state index contributed by atoms with van der Waals surface area (Å²) in [5, 5.41) is 11.3. The molecule has 1 aliphatic heterocycles. The Kier molecular flexibility index (Phi) is 6.41. The molecule has 10 nitrogen and oxygen atoms in total. The number of H-pyrrole nitrogens is 2. The van der Waals surface area contributed by atoms with Crippen LogP contribution in [-0.2, 0) is 6.54 Å². The van der Waals surface area contributed by atoms with Gasteiger partial charge in [0.15, 0.2) is 11.5 Å². The van der Waals surface area contributed by atoms with Crippen LogP contribution in [0.2, 0.25) is 0 Å². The van der Waals surface area contributed by atoms with Crippen LogP contribution >= 0.6 is 0 Å². The highest BCUT2D eigenvalue weighted by Crippen LogP contribution is 2.31. The van der Waals surface area contributed by atoms with Crippen LogP contribution < -0.4 is 10.2 Å². The standard InChI is InChI=1S/C29H34N10/c1-38-8-10-39(11-9-38)25-18-32-17-24-26(25)35-29(34-24)28-27-23(36-37-28)7-6-22(33-27)21-12-20(15-31-16-21)14-30-13-19-4-2-3-5-19/h6-7,12,15-19,30H,2-5,8-11,13-14H2,1H3,(H,34,35)(H,36,37). The van der Waals surface area contributed by atoms with Crippen LogP contribution in [0.25, 0.3) is 44.8 Å². The second-order valence-electron chi connectivity index (χ2n) is 11.0. The van der Waals surface area contributed by atoms with Crippen molar-refractivity contribution in [3.05, 3.63) is 48.5 Å². The molecule has 2 aliphatic rings. The SMILES string of the molecule is CN1CCN(c2cncc3[nH]c(-c4n[nH]c5ccc(-c6cncc(CNCC7CCCC7)c6)nc45)nc23)CC1. The van der Waals surface area contributed by atoms with E-state index < -0.39 is 0 Å². The van der Waals surface area contributed by atoms with Crippen LogP contribution in [0.15, 0.2) is 43.0 Å². The fourth-order valence-electron chi connectivity index (χ4n) is 5.89. The Morgan fingerprint density at radius 1 is 0.923 bits per heavy atom. The molecule has 5 aromatic heterocycles. The van der Waals surface area contributed by atoms with Gasteiger partial charge in [-0.2, -0.15) is 5.10 Å². The van der Waals surface area contributed by atoms with Crippen LogP contribution in [0.3, 0.4) is 0 Å². The van der Waals surface area contributed by atoms with Gasteiger partial charge in [-0.25, -0.2) is 9.97 Å². The molecule has 1 saturated heterocycles. The van der Waals surface area contributed by atoms with E-state index in [2.05, 4.69) is 53.4 Å². The number of aromatic nitrogens is 7. The Morgan fingerprint density at radius 3 is 2.64 bits per heavy atom. The number of hydrogen-bond acceptors (Lipinski definition) is 8. The van der Waals surface area contributed by atoms with E-state index >= 15 is 0 Å². The molecule has 3 N–H and O–H groups in total. The van der Waals surface area contributed by atoms with Gasteiger partial charge in [0.05, 0.1) is 34.8 Å². The number of fused-ring (bicyclic) bond motifs is 2. The number of nitrogens with zero attached hydrogens (tertiary/aromatic N) is 7. The molecule has 10 heteroatoms. The number of rotatable bonds is 7. The van der Waals surface area contributed by atoms with Crippen molar-refractivity contribution in [3.8, 4) is 22.8 Å². The molecule has 0 bridgehead atoms. The van der Waals surface area contributed by atoms with Gasteiger partial charge in [0, 0.05) is 50.7 Å². The number of nitrogens with one attached hydrogen (secondary N) is 3. The lowest BCUT2D eigenvalue weighted by atomic mass is 10.1. The van der Waals surface area contributed by atoms with Crippen LogP contribution in [-0.4, -0.2) is 79.8 Å². The molecule has 39 heavy (non-hydrogen) atoms. The second-order valence-corrected chi connectivity index (χ2v) is 11.0. The summed E-state index contributed by atoms with van der Waals surface area (Å²) in [6.07, 6.45) is 13.0. The monoisotopic (exact) mass is 522 g/mol. The van der Waals surface area contributed by atoms with Gasteiger partial charge in [-0.15, -0.1) is 0 Å². The molecule has 1 aliphatic carbocycles. The topological polar surface area (TPSA) is 115 Å². The fourth-order valence-corrected chi connectivity index (χ4v) is 5.89. The average molecular weight is 523 g/mol. The molecule has 6 heterocycles. The summed E-state index contributed by atoms with van der Waals surface area (Å²) in [5.74, 6) is 1.50. The van der Waals surface area contributed by atoms with Gasteiger partial charge in [0.2, 0.25) is 0 Å². The van der Waals surface area contributed by atoms with E-state index in [1.807, 2.05) is 36.9 Å². The van der Waals surface area contributed by atoms with E-state index in [-0.39, 0.29) is 0 Å². The Morgan fingerprint density at radius 2 is 1.77 bits per heavy atom. The molecule has 7 rings (SSSR count). The number of aromatic amines is 2. The molecule has 0 radical (unpaired) electrons. The lowest BCUT2D eigenvalue weighted by Crippen LogP contribution is -2.44. The van der Waals surface area contributed by atoms with Crippen LogP contribution in [0.5, 0.6) is 0 Å². The van der Waals surface area contributed by atoms with Gasteiger partial charge in [0.25, 0.3) is 0 Å². The predicted molar refractivity (Wildman–Crippen MR) is 153 cm³/mol. The minimum Gasteiger partial charge on any atom is -0.366 e. The van der Waals surface area contributed by atoms with Crippen molar-refractivity contribution >= 4 is 27.8 Å². The van der Waals surface area contributed by atoms with Crippen molar-refractivity contribution in [3.63, 3.8) is 0 Å². The van der Waals surface area contributed by atoms with E-state index in [1.54, 1.807) is 0 Å². The number of pyridine rings is 3. The van der Waals surface area contributed by atoms with Crippen molar-refractivity contribution in [1.82, 2.24) is 45.3 Å². The molecular weight excluding hydrogens is 488 g/mol. The Labute approximate surface area is 227 Å². The fraction of sp³-hybridized carbons (Fsp3) is 0.414. The number of piperazine rings is 1. The maximum atomic E-state index is 5.01. The van der Waals surface area contributed by atoms with E-state index in [0.717, 1.165) is 84.2 Å². The Hall–Kier alpha value is -3.89.